The number of hydrogen-bond acceptors (Lipinski definition) is 6. The molecule has 7 nitrogen and oxygen atoms in total. The first-order valence-corrected chi connectivity index (χ1v) is 9.42. The number of likely N-dealkylation sites (tertiary alicyclic amines) is 1. The second-order valence-corrected chi connectivity index (χ2v) is 6.84. The monoisotopic (exact) mass is 347 g/mol. The molecule has 0 radical (unpaired) electrons. The van der Waals surface area contributed by atoms with Crippen molar-refractivity contribution >= 4 is 0 Å². The van der Waals surface area contributed by atoms with E-state index in [-0.39, 0.29) is 12.6 Å². The maximum Gasteiger partial charge on any atom is 0.243 e. The van der Waals surface area contributed by atoms with Crippen molar-refractivity contribution in [3.63, 3.8) is 0 Å². The van der Waals surface area contributed by atoms with E-state index in [1.54, 1.807) is 0 Å². The maximum absolute atomic E-state index is 9.17. The molecule has 7 heteroatoms. The standard InChI is InChI=1S/C18H29N5O2/c1-3-4-5-17-20-18(25-21-17)14(2)22-10-7-15(8-11-22)16-6-9-19-23(16)12-13-24/h6,9,14-15,24H,3-5,7-8,10-13H2,1-2H3/t14-/m0/s1. The van der Waals surface area contributed by atoms with E-state index in [0.29, 0.717) is 12.5 Å². The zero-order valence-electron chi connectivity index (χ0n) is 15.3. The van der Waals surface area contributed by atoms with E-state index in [0.717, 1.165) is 56.9 Å². The van der Waals surface area contributed by atoms with Gasteiger partial charge in [0.2, 0.25) is 5.89 Å². The average Bonchev–Trinajstić information content (AvgIpc) is 3.29. The van der Waals surface area contributed by atoms with Crippen LogP contribution in [0, 0.1) is 0 Å². The highest BCUT2D eigenvalue weighted by Gasteiger charge is 2.28. The molecule has 1 atom stereocenters. The van der Waals surface area contributed by atoms with E-state index in [2.05, 4.69) is 40.1 Å². The molecule has 0 spiro atoms. The van der Waals surface area contributed by atoms with E-state index in [9.17, 15) is 0 Å². The van der Waals surface area contributed by atoms with Crippen LogP contribution in [-0.4, -0.2) is 49.6 Å². The molecule has 0 aliphatic carbocycles. The molecular weight excluding hydrogens is 318 g/mol. The van der Waals surface area contributed by atoms with Gasteiger partial charge in [-0.05, 0) is 45.3 Å². The van der Waals surface area contributed by atoms with Crippen molar-refractivity contribution in [3.8, 4) is 0 Å². The summed E-state index contributed by atoms with van der Waals surface area (Å²) < 4.78 is 7.41. The van der Waals surface area contributed by atoms with Gasteiger partial charge in [-0.25, -0.2) is 0 Å². The number of aliphatic hydroxyl groups is 1. The Balaban J connectivity index is 1.56. The van der Waals surface area contributed by atoms with Gasteiger partial charge in [-0.2, -0.15) is 10.1 Å². The van der Waals surface area contributed by atoms with Gasteiger partial charge < -0.3 is 9.63 Å². The first-order valence-electron chi connectivity index (χ1n) is 9.42. The molecule has 0 amide bonds. The molecule has 2 aromatic heterocycles. The summed E-state index contributed by atoms with van der Waals surface area (Å²) >= 11 is 0. The zero-order valence-corrected chi connectivity index (χ0v) is 15.3. The van der Waals surface area contributed by atoms with Gasteiger partial charge in [0.25, 0.3) is 0 Å². The van der Waals surface area contributed by atoms with Crippen molar-refractivity contribution in [2.75, 3.05) is 19.7 Å². The number of unbranched alkanes of at least 4 members (excludes halogenated alkanes) is 1. The molecule has 2 aromatic rings. The fourth-order valence-electron chi connectivity index (χ4n) is 3.58. The van der Waals surface area contributed by atoms with Crippen LogP contribution in [0.2, 0.25) is 0 Å². The van der Waals surface area contributed by atoms with Crippen LogP contribution >= 0.6 is 0 Å². The summed E-state index contributed by atoms with van der Waals surface area (Å²) in [5.41, 5.74) is 1.24. The predicted octanol–water partition coefficient (Wildman–Crippen LogP) is 2.54. The Hall–Kier alpha value is -1.73. The molecule has 1 aliphatic rings. The summed E-state index contributed by atoms with van der Waals surface area (Å²) in [6.45, 7) is 7.02. The van der Waals surface area contributed by atoms with Gasteiger partial charge in [0.15, 0.2) is 5.82 Å². The largest absolute Gasteiger partial charge is 0.394 e. The fraction of sp³-hybridized carbons (Fsp3) is 0.722. The highest BCUT2D eigenvalue weighted by Crippen LogP contribution is 2.31. The van der Waals surface area contributed by atoms with Crippen molar-refractivity contribution in [1.82, 2.24) is 24.8 Å². The third kappa shape index (κ3) is 4.27. The molecule has 1 aliphatic heterocycles. The third-order valence-corrected chi connectivity index (χ3v) is 5.15. The van der Waals surface area contributed by atoms with E-state index < -0.39 is 0 Å². The Morgan fingerprint density at radius 2 is 2.16 bits per heavy atom. The lowest BCUT2D eigenvalue weighted by molar-refractivity contribution is 0.134. The van der Waals surface area contributed by atoms with Crippen LogP contribution in [0.3, 0.4) is 0 Å². The molecule has 0 aromatic carbocycles. The zero-order chi connectivity index (χ0) is 17.6. The van der Waals surface area contributed by atoms with Crippen molar-refractivity contribution < 1.29 is 9.63 Å². The van der Waals surface area contributed by atoms with Gasteiger partial charge in [-0.3, -0.25) is 9.58 Å². The lowest BCUT2D eigenvalue weighted by Gasteiger charge is -2.34. The molecule has 0 unspecified atom stereocenters. The summed E-state index contributed by atoms with van der Waals surface area (Å²) in [6, 6.07) is 2.24. The molecular formula is C18H29N5O2. The number of piperidine rings is 1. The van der Waals surface area contributed by atoms with Gasteiger partial charge in [-0.1, -0.05) is 18.5 Å². The lowest BCUT2D eigenvalue weighted by Crippen LogP contribution is -2.35. The predicted molar refractivity (Wildman–Crippen MR) is 94.2 cm³/mol. The second kappa shape index (κ2) is 8.58. The van der Waals surface area contributed by atoms with Crippen molar-refractivity contribution in [1.29, 1.82) is 0 Å². The quantitative estimate of drug-likeness (QED) is 0.790. The molecule has 0 saturated carbocycles. The smallest absolute Gasteiger partial charge is 0.243 e. The fourth-order valence-corrected chi connectivity index (χ4v) is 3.58. The van der Waals surface area contributed by atoms with E-state index >= 15 is 0 Å². The lowest BCUT2D eigenvalue weighted by atomic mass is 9.92. The third-order valence-electron chi connectivity index (χ3n) is 5.15. The molecule has 1 fully saturated rings. The van der Waals surface area contributed by atoms with E-state index in [1.165, 1.54) is 5.69 Å². The van der Waals surface area contributed by atoms with Gasteiger partial charge in [0.1, 0.15) is 0 Å². The van der Waals surface area contributed by atoms with Crippen LogP contribution in [0.25, 0.3) is 0 Å². The summed E-state index contributed by atoms with van der Waals surface area (Å²) in [4.78, 5) is 6.99. The average molecular weight is 347 g/mol. The van der Waals surface area contributed by atoms with Gasteiger partial charge in [0, 0.05) is 24.2 Å². The molecule has 3 rings (SSSR count). The van der Waals surface area contributed by atoms with Gasteiger partial charge in [0.05, 0.1) is 19.2 Å². The molecule has 1 N–H and O–H groups in total. The van der Waals surface area contributed by atoms with Crippen LogP contribution in [0.15, 0.2) is 16.8 Å². The summed E-state index contributed by atoms with van der Waals surface area (Å²) in [5.74, 6) is 2.06. The minimum absolute atomic E-state index is 0.127. The van der Waals surface area contributed by atoms with Crippen molar-refractivity contribution in [3.05, 3.63) is 29.7 Å². The van der Waals surface area contributed by atoms with E-state index in [4.69, 9.17) is 9.63 Å². The SMILES string of the molecule is CCCCc1noc([C@H](C)N2CCC(c3ccnn3CCO)CC2)n1. The van der Waals surface area contributed by atoms with Crippen molar-refractivity contribution in [2.45, 2.75) is 64.5 Å². The summed E-state index contributed by atoms with van der Waals surface area (Å²) in [7, 11) is 0. The van der Waals surface area contributed by atoms with Crippen molar-refractivity contribution in [2.24, 2.45) is 0 Å². The molecule has 1 saturated heterocycles. The van der Waals surface area contributed by atoms with E-state index in [1.807, 2.05) is 10.9 Å². The number of aryl methyl sites for hydroxylation is 1. The normalized spacial score (nSPS) is 17.9. The topological polar surface area (TPSA) is 80.2 Å². The highest BCUT2D eigenvalue weighted by atomic mass is 16.5. The molecule has 25 heavy (non-hydrogen) atoms. The first-order chi connectivity index (χ1) is 12.2. The Labute approximate surface area is 149 Å². The summed E-state index contributed by atoms with van der Waals surface area (Å²) in [6.07, 6.45) is 7.12. The summed E-state index contributed by atoms with van der Waals surface area (Å²) in [5, 5.41) is 17.6. The highest BCUT2D eigenvalue weighted by molar-refractivity contribution is 5.10. The van der Waals surface area contributed by atoms with Crippen LogP contribution in [-0.2, 0) is 13.0 Å². The number of nitrogens with zero attached hydrogens (tertiary/aromatic N) is 5. The van der Waals surface area contributed by atoms with Gasteiger partial charge in [-0.15, -0.1) is 0 Å². The second-order valence-electron chi connectivity index (χ2n) is 6.84. The van der Waals surface area contributed by atoms with Crippen LogP contribution in [0.5, 0.6) is 0 Å². The molecule has 138 valence electrons. The number of aromatic nitrogens is 4. The Bertz CT molecular complexity index is 645. The van der Waals surface area contributed by atoms with Crippen LogP contribution < -0.4 is 0 Å². The minimum Gasteiger partial charge on any atom is -0.394 e. The molecule has 0 bridgehead atoms. The molecule has 3 heterocycles. The minimum atomic E-state index is 0.127. The first kappa shape index (κ1) is 18.1. The number of rotatable bonds is 8. The Kier molecular flexibility index (Phi) is 6.20. The van der Waals surface area contributed by atoms with Gasteiger partial charge >= 0.3 is 0 Å². The number of hydrogen-bond donors (Lipinski definition) is 1. The Morgan fingerprint density at radius 3 is 2.88 bits per heavy atom. The van der Waals surface area contributed by atoms with Crippen LogP contribution in [0.1, 0.15) is 68.9 Å². The maximum atomic E-state index is 9.17. The van der Waals surface area contributed by atoms with Crippen LogP contribution in [0.4, 0.5) is 0 Å². The number of aliphatic hydroxyl groups excluding tert-OH is 1. The Morgan fingerprint density at radius 1 is 1.36 bits per heavy atom.